The Balaban J connectivity index is 2.06. The molecule has 26 heavy (non-hydrogen) atoms. The summed E-state index contributed by atoms with van der Waals surface area (Å²) in [6, 6.07) is 18.6. The van der Waals surface area contributed by atoms with Gasteiger partial charge in [-0.3, -0.25) is 0 Å². The molecule has 0 fully saturated rings. The highest BCUT2D eigenvalue weighted by Crippen LogP contribution is 2.23. The fraction of sp³-hybridized carbons (Fsp3) is 0.111. The monoisotopic (exact) mass is 392 g/mol. The smallest absolute Gasteiger partial charge is 0.226 e. The van der Waals surface area contributed by atoms with E-state index in [-0.39, 0.29) is 11.5 Å². The van der Waals surface area contributed by atoms with E-state index in [0.29, 0.717) is 0 Å². The lowest BCUT2D eigenvalue weighted by atomic mass is 10.2. The first kappa shape index (κ1) is 20.4. The predicted molar refractivity (Wildman–Crippen MR) is 114 cm³/mol. The van der Waals surface area contributed by atoms with Gasteiger partial charge in [0.2, 0.25) is 10.5 Å². The quantitative estimate of drug-likeness (QED) is 0.422. The Morgan fingerprint density at radius 1 is 0.654 bits per heavy atom. The maximum Gasteiger partial charge on any atom is 0.226 e. The third kappa shape index (κ3) is 7.12. The van der Waals surface area contributed by atoms with Crippen LogP contribution in [0.25, 0.3) is 0 Å². The van der Waals surface area contributed by atoms with Gasteiger partial charge in [0.15, 0.2) is 0 Å². The number of hydrogen-bond donors (Lipinski definition) is 4. The summed E-state index contributed by atoms with van der Waals surface area (Å²) < 4.78 is 8.38. The highest BCUT2D eigenvalue weighted by Gasteiger charge is 2.05. The predicted octanol–water partition coefficient (Wildman–Crippen LogP) is 4.00. The molecule has 0 saturated heterocycles. The molecule has 0 saturated carbocycles. The SMILES string of the molecule is OC(O)=S(CCS(N=Cc1ccccc1)=C(O)O)N=Cc1ccccc1. The Hall–Kier alpha value is -1.94. The Bertz CT molecular complexity index is 755. The van der Waals surface area contributed by atoms with Gasteiger partial charge in [-0.1, -0.05) is 60.7 Å². The summed E-state index contributed by atoms with van der Waals surface area (Å²) >= 11 is 0. The number of aliphatic hydroxyl groups excluding tert-OH is 2. The molecular weight excluding hydrogens is 372 g/mol. The lowest BCUT2D eigenvalue weighted by Gasteiger charge is -2.07. The molecule has 2 unspecified atom stereocenters. The van der Waals surface area contributed by atoms with Gasteiger partial charge < -0.3 is 20.4 Å². The van der Waals surface area contributed by atoms with Gasteiger partial charge in [0.25, 0.3) is 0 Å². The molecule has 0 radical (unpaired) electrons. The molecule has 0 aliphatic rings. The first-order chi connectivity index (χ1) is 12.6. The van der Waals surface area contributed by atoms with Crippen LogP contribution in [0, 0.1) is 0 Å². The summed E-state index contributed by atoms with van der Waals surface area (Å²) in [5.41, 5.74) is 1.67. The molecule has 6 nitrogen and oxygen atoms in total. The summed E-state index contributed by atoms with van der Waals surface area (Å²) in [7, 11) is -2.33. The zero-order valence-corrected chi connectivity index (χ0v) is 15.5. The van der Waals surface area contributed by atoms with Crippen molar-refractivity contribution in [1.29, 1.82) is 0 Å². The van der Waals surface area contributed by atoms with Crippen molar-refractivity contribution in [2.45, 2.75) is 0 Å². The second kappa shape index (κ2) is 10.9. The molecule has 2 aromatic carbocycles. The molecule has 0 bridgehead atoms. The van der Waals surface area contributed by atoms with Crippen LogP contribution in [0.2, 0.25) is 0 Å². The van der Waals surface area contributed by atoms with Crippen molar-refractivity contribution >= 4 is 44.2 Å². The number of benzene rings is 2. The minimum Gasteiger partial charge on any atom is -0.335 e. The molecule has 2 rings (SSSR count). The normalized spacial score (nSPS) is 13.8. The molecule has 0 aliphatic heterocycles. The second-order valence-electron chi connectivity index (χ2n) is 4.99. The second-order valence-corrected chi connectivity index (χ2v) is 8.42. The molecule has 0 amide bonds. The van der Waals surface area contributed by atoms with Gasteiger partial charge in [-0.15, -0.1) is 0 Å². The van der Waals surface area contributed by atoms with Crippen LogP contribution in [0.4, 0.5) is 0 Å². The van der Waals surface area contributed by atoms with E-state index in [0.717, 1.165) is 11.1 Å². The van der Waals surface area contributed by atoms with Crippen LogP contribution >= 0.6 is 21.3 Å². The molecule has 0 aromatic heterocycles. The third-order valence-corrected chi connectivity index (χ3v) is 6.15. The topological polar surface area (TPSA) is 106 Å². The third-order valence-electron chi connectivity index (χ3n) is 3.15. The summed E-state index contributed by atoms with van der Waals surface area (Å²) in [6.07, 6.45) is 3.12. The van der Waals surface area contributed by atoms with E-state index in [1.807, 2.05) is 60.7 Å². The van der Waals surface area contributed by atoms with Crippen LogP contribution in [-0.4, -0.2) is 54.8 Å². The minimum atomic E-state index is -1.17. The highest BCUT2D eigenvalue weighted by molar-refractivity contribution is 8.17. The summed E-state index contributed by atoms with van der Waals surface area (Å²) in [6.45, 7) is 0. The fourth-order valence-corrected chi connectivity index (χ4v) is 4.39. The summed E-state index contributed by atoms with van der Waals surface area (Å²) in [5, 5.41) is 36.2. The summed E-state index contributed by atoms with van der Waals surface area (Å²) in [4.78, 5) is 0. The molecule has 2 aromatic rings. The molecule has 0 spiro atoms. The van der Waals surface area contributed by atoms with Crippen molar-refractivity contribution < 1.29 is 20.4 Å². The fourth-order valence-electron chi connectivity index (χ4n) is 1.87. The van der Waals surface area contributed by atoms with Crippen LogP contribution in [0.15, 0.2) is 69.5 Å². The van der Waals surface area contributed by atoms with Crippen molar-refractivity contribution in [1.82, 2.24) is 0 Å². The number of hydrogen-bond acceptors (Lipinski definition) is 2. The number of rotatable bonds is 7. The van der Waals surface area contributed by atoms with Gasteiger partial charge in [0, 0.05) is 23.9 Å². The van der Waals surface area contributed by atoms with Crippen molar-refractivity contribution in [3.8, 4) is 0 Å². The number of nitrogens with zero attached hydrogens (tertiary/aromatic N) is 2. The molecule has 8 heteroatoms. The van der Waals surface area contributed by atoms with Gasteiger partial charge >= 0.3 is 0 Å². The van der Waals surface area contributed by atoms with Crippen LogP contribution in [-0.2, 0) is 0 Å². The van der Waals surface area contributed by atoms with Crippen LogP contribution in [0.1, 0.15) is 11.1 Å². The molecule has 4 N–H and O–H groups in total. The number of aliphatic hydroxyl groups is 4. The molecule has 0 heterocycles. The largest absolute Gasteiger partial charge is 0.335 e. The average Bonchev–Trinajstić information content (AvgIpc) is 2.65. The van der Waals surface area contributed by atoms with E-state index in [4.69, 9.17) is 0 Å². The van der Waals surface area contributed by atoms with Gasteiger partial charge in [-0.05, 0) is 32.5 Å². The van der Waals surface area contributed by atoms with Crippen molar-refractivity contribution in [3.05, 3.63) is 71.8 Å². The van der Waals surface area contributed by atoms with E-state index in [1.54, 1.807) is 12.4 Å². The minimum absolute atomic E-state index is 0.228. The van der Waals surface area contributed by atoms with E-state index in [1.165, 1.54) is 0 Å². The van der Waals surface area contributed by atoms with Crippen LogP contribution < -0.4 is 0 Å². The van der Waals surface area contributed by atoms with Gasteiger partial charge in [0.1, 0.15) is 0 Å². The highest BCUT2D eigenvalue weighted by atomic mass is 32.2. The van der Waals surface area contributed by atoms with Gasteiger partial charge in [-0.25, -0.2) is 8.80 Å². The Labute approximate surface area is 157 Å². The first-order valence-electron chi connectivity index (χ1n) is 7.66. The van der Waals surface area contributed by atoms with Gasteiger partial charge in [-0.2, -0.15) is 0 Å². The van der Waals surface area contributed by atoms with Crippen LogP contribution in [0.5, 0.6) is 0 Å². The zero-order chi connectivity index (χ0) is 18.8. The standard InChI is InChI=1S/C18H20N2O4S2/c21-17(22)25(19-13-15-7-3-1-4-8-15)11-12-26(18(23)24)20-14-16-9-5-2-6-10-16/h1-10,13-14,21-24H,11-12H2. The lowest BCUT2D eigenvalue weighted by Crippen LogP contribution is -2.02. The van der Waals surface area contributed by atoms with Crippen molar-refractivity contribution in [3.63, 3.8) is 0 Å². The van der Waals surface area contributed by atoms with Crippen molar-refractivity contribution in [2.75, 3.05) is 11.5 Å². The molecular formula is C18H20N2O4S2. The lowest BCUT2D eigenvalue weighted by molar-refractivity contribution is 0.383. The average molecular weight is 393 g/mol. The van der Waals surface area contributed by atoms with E-state index in [2.05, 4.69) is 8.80 Å². The maximum absolute atomic E-state index is 9.45. The summed E-state index contributed by atoms with van der Waals surface area (Å²) in [5.74, 6) is 0.455. The van der Waals surface area contributed by atoms with Crippen LogP contribution in [0.3, 0.4) is 0 Å². The van der Waals surface area contributed by atoms with E-state index >= 15 is 0 Å². The molecule has 2 atom stereocenters. The molecule has 138 valence electrons. The van der Waals surface area contributed by atoms with E-state index < -0.39 is 31.8 Å². The first-order valence-corrected chi connectivity index (χ1v) is 10.4. The maximum atomic E-state index is 9.45. The Kier molecular flexibility index (Phi) is 8.56. The van der Waals surface area contributed by atoms with Gasteiger partial charge in [0.05, 0.1) is 0 Å². The van der Waals surface area contributed by atoms with E-state index in [9.17, 15) is 20.4 Å². The van der Waals surface area contributed by atoms with Crippen molar-refractivity contribution in [2.24, 2.45) is 8.80 Å². The Morgan fingerprint density at radius 3 is 1.31 bits per heavy atom. The molecule has 0 aliphatic carbocycles. The zero-order valence-electron chi connectivity index (χ0n) is 13.8. The Morgan fingerprint density at radius 2 is 1.00 bits per heavy atom.